The van der Waals surface area contributed by atoms with Gasteiger partial charge in [-0.1, -0.05) is 48.8 Å². The van der Waals surface area contributed by atoms with Crippen LogP contribution >= 0.6 is 0 Å². The Morgan fingerprint density at radius 1 is 1.29 bits per heavy atom. The summed E-state index contributed by atoms with van der Waals surface area (Å²) in [6, 6.07) is 9.69. The molecule has 0 saturated heterocycles. The minimum absolute atomic E-state index is 0.213. The molecule has 0 aromatic heterocycles. The Morgan fingerprint density at radius 3 is 2.57 bits per heavy atom. The molecule has 2 nitrogen and oxygen atoms in total. The monoisotopic (exact) mass is 280 g/mol. The van der Waals surface area contributed by atoms with Gasteiger partial charge in [-0.25, -0.2) is 0 Å². The van der Waals surface area contributed by atoms with E-state index >= 15 is 0 Å². The Bertz CT molecular complexity index is 583. The first-order chi connectivity index (χ1) is 10.2. The van der Waals surface area contributed by atoms with Crippen molar-refractivity contribution in [3.8, 4) is 11.8 Å². The fourth-order valence-corrected chi connectivity index (χ4v) is 1.78. The van der Waals surface area contributed by atoms with Crippen molar-refractivity contribution < 1.29 is 9.53 Å². The third kappa shape index (κ3) is 5.97. The average molecular weight is 280 g/mol. The molecule has 0 atom stereocenters. The van der Waals surface area contributed by atoms with Crippen molar-refractivity contribution in [2.45, 2.75) is 19.8 Å². The molecule has 21 heavy (non-hydrogen) atoms. The molecule has 0 heterocycles. The molecule has 0 saturated carbocycles. The Kier molecular flexibility index (Phi) is 7.39. The number of esters is 1. The number of allylic oxidation sites excluding steroid dienone is 3. The van der Waals surface area contributed by atoms with Crippen LogP contribution in [0, 0.1) is 11.8 Å². The van der Waals surface area contributed by atoms with Gasteiger partial charge in [0.1, 0.15) is 0 Å². The van der Waals surface area contributed by atoms with E-state index in [0.717, 1.165) is 16.7 Å². The Labute approximate surface area is 126 Å². The average Bonchev–Trinajstić information content (AvgIpc) is 2.49. The standard InChI is InChI=1S/C19H20O2/c1-4-10-18(15-19(20)21-6-3)17(5-2)14-13-16-11-8-7-9-12-16/h4-5,7-9,11-12H,1-2,6,10,15H2,3H3/b18-17+. The zero-order valence-electron chi connectivity index (χ0n) is 12.4. The molecular weight excluding hydrogens is 260 g/mol. The molecule has 0 aliphatic heterocycles. The summed E-state index contributed by atoms with van der Waals surface area (Å²) in [5.41, 5.74) is 2.56. The van der Waals surface area contributed by atoms with Crippen LogP contribution in [0.1, 0.15) is 25.3 Å². The molecule has 0 aliphatic rings. The van der Waals surface area contributed by atoms with E-state index in [1.165, 1.54) is 0 Å². The van der Waals surface area contributed by atoms with Gasteiger partial charge in [-0.05, 0) is 31.1 Å². The number of carbonyl (C=O) groups is 1. The van der Waals surface area contributed by atoms with E-state index in [-0.39, 0.29) is 12.4 Å². The van der Waals surface area contributed by atoms with Crippen molar-refractivity contribution in [2.24, 2.45) is 0 Å². The van der Waals surface area contributed by atoms with Gasteiger partial charge in [0, 0.05) is 11.1 Å². The van der Waals surface area contributed by atoms with Crippen LogP contribution in [-0.4, -0.2) is 12.6 Å². The second kappa shape index (κ2) is 9.39. The Hall–Kier alpha value is -2.53. The molecule has 0 N–H and O–H groups in total. The molecule has 1 aromatic rings. The largest absolute Gasteiger partial charge is 0.466 e. The van der Waals surface area contributed by atoms with Crippen molar-refractivity contribution in [1.82, 2.24) is 0 Å². The highest BCUT2D eigenvalue weighted by Gasteiger charge is 2.08. The van der Waals surface area contributed by atoms with E-state index in [1.807, 2.05) is 30.3 Å². The molecule has 0 unspecified atom stereocenters. The number of benzene rings is 1. The van der Waals surface area contributed by atoms with Crippen LogP contribution in [0.4, 0.5) is 0 Å². The third-order valence-electron chi connectivity index (χ3n) is 2.75. The lowest BCUT2D eigenvalue weighted by molar-refractivity contribution is -0.142. The van der Waals surface area contributed by atoms with Crippen LogP contribution in [0.15, 0.2) is 66.8 Å². The fourth-order valence-electron chi connectivity index (χ4n) is 1.78. The van der Waals surface area contributed by atoms with Crippen molar-refractivity contribution in [3.63, 3.8) is 0 Å². The molecule has 0 spiro atoms. The van der Waals surface area contributed by atoms with Crippen LogP contribution in [0.25, 0.3) is 0 Å². The van der Waals surface area contributed by atoms with Crippen molar-refractivity contribution in [2.75, 3.05) is 6.61 Å². The first-order valence-corrected chi connectivity index (χ1v) is 6.89. The lowest BCUT2D eigenvalue weighted by Gasteiger charge is -2.06. The number of rotatable bonds is 6. The van der Waals surface area contributed by atoms with Gasteiger partial charge in [0.2, 0.25) is 0 Å². The SMILES string of the molecule is C=CC/C(CC(=O)OCC)=C(\C#Cc1ccccc1)C=C. The van der Waals surface area contributed by atoms with Crippen LogP contribution in [0.3, 0.4) is 0 Å². The fraction of sp³-hybridized carbons (Fsp3) is 0.211. The molecular formula is C19H20O2. The summed E-state index contributed by atoms with van der Waals surface area (Å²) in [5.74, 6) is 5.89. The highest BCUT2D eigenvalue weighted by Crippen LogP contribution is 2.16. The third-order valence-corrected chi connectivity index (χ3v) is 2.75. The van der Waals surface area contributed by atoms with Gasteiger partial charge in [-0.2, -0.15) is 0 Å². The Balaban J connectivity index is 3.03. The first kappa shape index (κ1) is 16.5. The lowest BCUT2D eigenvalue weighted by Crippen LogP contribution is -2.06. The van der Waals surface area contributed by atoms with E-state index in [1.54, 1.807) is 19.1 Å². The second-order valence-corrected chi connectivity index (χ2v) is 4.31. The highest BCUT2D eigenvalue weighted by molar-refractivity contribution is 5.73. The number of carbonyl (C=O) groups excluding carboxylic acids is 1. The number of ether oxygens (including phenoxy) is 1. The zero-order chi connectivity index (χ0) is 15.5. The maximum atomic E-state index is 11.6. The number of hydrogen-bond acceptors (Lipinski definition) is 2. The maximum Gasteiger partial charge on any atom is 0.309 e. The van der Waals surface area contributed by atoms with Crippen LogP contribution in [0.2, 0.25) is 0 Å². The number of hydrogen-bond donors (Lipinski definition) is 0. The summed E-state index contributed by atoms with van der Waals surface area (Å²) >= 11 is 0. The second-order valence-electron chi connectivity index (χ2n) is 4.31. The molecule has 0 radical (unpaired) electrons. The maximum absolute atomic E-state index is 11.6. The van der Waals surface area contributed by atoms with Gasteiger partial charge < -0.3 is 4.74 Å². The van der Waals surface area contributed by atoms with Crippen LogP contribution < -0.4 is 0 Å². The highest BCUT2D eigenvalue weighted by atomic mass is 16.5. The van der Waals surface area contributed by atoms with Crippen molar-refractivity contribution in [3.05, 3.63) is 72.4 Å². The topological polar surface area (TPSA) is 26.3 Å². The first-order valence-electron chi connectivity index (χ1n) is 6.89. The van der Waals surface area contributed by atoms with Gasteiger partial charge in [-0.3, -0.25) is 4.79 Å². The van der Waals surface area contributed by atoms with E-state index in [0.29, 0.717) is 13.0 Å². The van der Waals surface area contributed by atoms with Gasteiger partial charge in [0.15, 0.2) is 0 Å². The van der Waals surface area contributed by atoms with Crippen molar-refractivity contribution in [1.29, 1.82) is 0 Å². The molecule has 0 fully saturated rings. The van der Waals surface area contributed by atoms with E-state index in [2.05, 4.69) is 25.0 Å². The summed E-state index contributed by atoms with van der Waals surface area (Å²) in [4.78, 5) is 11.6. The van der Waals surface area contributed by atoms with Gasteiger partial charge in [-0.15, -0.1) is 6.58 Å². The smallest absolute Gasteiger partial charge is 0.309 e. The summed E-state index contributed by atoms with van der Waals surface area (Å²) in [7, 11) is 0. The van der Waals surface area contributed by atoms with E-state index < -0.39 is 0 Å². The summed E-state index contributed by atoms with van der Waals surface area (Å²) in [6.45, 7) is 9.67. The lowest BCUT2D eigenvalue weighted by atomic mass is 10.0. The van der Waals surface area contributed by atoms with Gasteiger partial charge in [0.25, 0.3) is 0 Å². The molecule has 1 rings (SSSR count). The normalized spacial score (nSPS) is 10.7. The van der Waals surface area contributed by atoms with Crippen molar-refractivity contribution >= 4 is 5.97 Å². The van der Waals surface area contributed by atoms with Crippen LogP contribution in [-0.2, 0) is 9.53 Å². The zero-order valence-corrected chi connectivity index (χ0v) is 12.4. The van der Waals surface area contributed by atoms with Crippen LogP contribution in [0.5, 0.6) is 0 Å². The molecule has 108 valence electrons. The quantitative estimate of drug-likeness (QED) is 0.340. The molecule has 2 heteroatoms. The predicted molar refractivity (Wildman–Crippen MR) is 86.6 cm³/mol. The summed E-state index contributed by atoms with van der Waals surface area (Å²) < 4.78 is 4.99. The molecule has 1 aromatic carbocycles. The minimum Gasteiger partial charge on any atom is -0.466 e. The molecule has 0 amide bonds. The Morgan fingerprint density at radius 2 is 2.00 bits per heavy atom. The summed E-state index contributed by atoms with van der Waals surface area (Å²) in [5, 5.41) is 0. The van der Waals surface area contributed by atoms with Gasteiger partial charge >= 0.3 is 5.97 Å². The minimum atomic E-state index is -0.254. The van der Waals surface area contributed by atoms with E-state index in [9.17, 15) is 4.79 Å². The molecule has 0 bridgehead atoms. The molecule has 0 aliphatic carbocycles. The predicted octanol–water partition coefficient (Wildman–Crippen LogP) is 4.05. The van der Waals surface area contributed by atoms with E-state index in [4.69, 9.17) is 4.74 Å². The summed E-state index contributed by atoms with van der Waals surface area (Å²) in [6.07, 6.45) is 4.23. The van der Waals surface area contributed by atoms with Gasteiger partial charge in [0.05, 0.1) is 13.0 Å².